The fraction of sp³-hybridized carbons (Fsp3) is 0.333. The Morgan fingerprint density at radius 2 is 1.76 bits per heavy atom. The molecule has 4 rings (SSSR count). The SMILES string of the molecule is CCOC(=O)C1=C(CN2CCN(c3ccccc3)CC2)NC(=O)N[C@H]1c1ccc([N+](=O)[O-])cc1. The summed E-state index contributed by atoms with van der Waals surface area (Å²) < 4.78 is 5.30. The lowest BCUT2D eigenvalue weighted by molar-refractivity contribution is -0.384. The second kappa shape index (κ2) is 10.3. The molecule has 2 heterocycles. The Bertz CT molecular complexity index is 1080. The molecule has 2 aliphatic heterocycles. The van der Waals surface area contributed by atoms with Gasteiger partial charge < -0.3 is 20.3 Å². The lowest BCUT2D eigenvalue weighted by Crippen LogP contribution is -2.51. The zero-order valence-corrected chi connectivity index (χ0v) is 18.9. The molecule has 2 amide bonds. The molecule has 2 aromatic rings. The fourth-order valence-electron chi connectivity index (χ4n) is 4.26. The molecule has 2 N–H and O–H groups in total. The maximum Gasteiger partial charge on any atom is 0.338 e. The molecule has 0 saturated carbocycles. The smallest absolute Gasteiger partial charge is 0.338 e. The first kappa shape index (κ1) is 23.2. The predicted octanol–water partition coefficient (Wildman–Crippen LogP) is 2.59. The lowest BCUT2D eigenvalue weighted by atomic mass is 9.94. The van der Waals surface area contributed by atoms with Crippen molar-refractivity contribution in [2.75, 3.05) is 44.2 Å². The van der Waals surface area contributed by atoms with E-state index in [-0.39, 0.29) is 12.3 Å². The van der Waals surface area contributed by atoms with Crippen LogP contribution >= 0.6 is 0 Å². The van der Waals surface area contributed by atoms with Crippen molar-refractivity contribution in [1.29, 1.82) is 0 Å². The Kier molecular flexibility index (Phi) is 7.07. The summed E-state index contributed by atoms with van der Waals surface area (Å²) >= 11 is 0. The predicted molar refractivity (Wildman–Crippen MR) is 126 cm³/mol. The Hall–Kier alpha value is -3.92. The van der Waals surface area contributed by atoms with E-state index in [1.54, 1.807) is 19.1 Å². The van der Waals surface area contributed by atoms with E-state index in [0.29, 0.717) is 23.4 Å². The van der Waals surface area contributed by atoms with Crippen LogP contribution in [0.3, 0.4) is 0 Å². The summed E-state index contributed by atoms with van der Waals surface area (Å²) in [4.78, 5) is 40.5. The molecule has 1 atom stereocenters. The highest BCUT2D eigenvalue weighted by Gasteiger charge is 2.35. The van der Waals surface area contributed by atoms with E-state index in [1.165, 1.54) is 17.8 Å². The number of hydrogen-bond donors (Lipinski definition) is 2. The second-order valence-electron chi connectivity index (χ2n) is 8.09. The van der Waals surface area contributed by atoms with Crippen molar-refractivity contribution >= 4 is 23.4 Å². The number of carbonyl (C=O) groups is 2. The molecule has 178 valence electrons. The third-order valence-corrected chi connectivity index (χ3v) is 5.96. The Morgan fingerprint density at radius 1 is 1.09 bits per heavy atom. The number of amides is 2. The van der Waals surface area contributed by atoms with Crippen molar-refractivity contribution in [2.24, 2.45) is 0 Å². The van der Waals surface area contributed by atoms with Gasteiger partial charge in [-0.2, -0.15) is 0 Å². The number of piperazine rings is 1. The summed E-state index contributed by atoms with van der Waals surface area (Å²) in [6.07, 6.45) is 0. The van der Waals surface area contributed by atoms with Crippen LogP contribution in [0.2, 0.25) is 0 Å². The van der Waals surface area contributed by atoms with E-state index in [2.05, 4.69) is 32.6 Å². The summed E-state index contributed by atoms with van der Waals surface area (Å²) in [5.74, 6) is -0.531. The van der Waals surface area contributed by atoms with E-state index >= 15 is 0 Å². The van der Waals surface area contributed by atoms with E-state index in [0.717, 1.165) is 26.2 Å². The normalized spacial score (nSPS) is 18.8. The highest BCUT2D eigenvalue weighted by atomic mass is 16.6. The lowest BCUT2D eigenvalue weighted by Gasteiger charge is -2.38. The molecule has 0 spiro atoms. The standard InChI is InChI=1S/C24H27N5O5/c1-2-34-23(30)21-20(16-27-12-14-28(15-13-27)18-6-4-3-5-7-18)25-24(31)26-22(21)17-8-10-19(11-9-17)29(32)33/h3-11,22H,2,12-16H2,1H3,(H2,25,26,31)/t22-/m0/s1. The molecule has 1 saturated heterocycles. The number of rotatable bonds is 7. The molecular formula is C24H27N5O5. The van der Waals surface area contributed by atoms with E-state index < -0.39 is 23.0 Å². The van der Waals surface area contributed by atoms with Gasteiger partial charge in [-0.3, -0.25) is 15.0 Å². The summed E-state index contributed by atoms with van der Waals surface area (Å²) in [7, 11) is 0. The van der Waals surface area contributed by atoms with Crippen LogP contribution in [0.1, 0.15) is 18.5 Å². The van der Waals surface area contributed by atoms with Gasteiger partial charge in [0.05, 0.1) is 23.1 Å². The topological polar surface area (TPSA) is 117 Å². The van der Waals surface area contributed by atoms with Crippen LogP contribution < -0.4 is 15.5 Å². The van der Waals surface area contributed by atoms with Crippen molar-refractivity contribution in [2.45, 2.75) is 13.0 Å². The zero-order valence-electron chi connectivity index (χ0n) is 18.9. The van der Waals surface area contributed by atoms with Crippen LogP contribution in [-0.4, -0.2) is 61.2 Å². The number of ether oxygens (including phenoxy) is 1. The van der Waals surface area contributed by atoms with Crippen LogP contribution in [0.25, 0.3) is 0 Å². The van der Waals surface area contributed by atoms with E-state index in [1.807, 2.05) is 18.2 Å². The van der Waals surface area contributed by atoms with Crippen molar-refractivity contribution in [3.05, 3.63) is 81.5 Å². The number of urea groups is 1. The number of carbonyl (C=O) groups excluding carboxylic acids is 2. The minimum Gasteiger partial charge on any atom is -0.463 e. The number of nitro groups is 1. The molecule has 0 unspecified atom stereocenters. The third kappa shape index (κ3) is 5.18. The Morgan fingerprint density at radius 3 is 2.38 bits per heavy atom. The quantitative estimate of drug-likeness (QED) is 0.367. The van der Waals surface area contributed by atoms with Crippen LogP contribution in [0, 0.1) is 10.1 Å². The first-order valence-corrected chi connectivity index (χ1v) is 11.2. The number of nitrogens with zero attached hydrogens (tertiary/aromatic N) is 3. The summed E-state index contributed by atoms with van der Waals surface area (Å²) in [6.45, 7) is 5.46. The van der Waals surface area contributed by atoms with Gasteiger partial charge in [-0.15, -0.1) is 0 Å². The van der Waals surface area contributed by atoms with Gasteiger partial charge in [0.15, 0.2) is 0 Å². The van der Waals surface area contributed by atoms with Gasteiger partial charge in [0, 0.05) is 56.2 Å². The van der Waals surface area contributed by atoms with Crippen molar-refractivity contribution in [3.8, 4) is 0 Å². The number of para-hydroxylation sites is 1. The van der Waals surface area contributed by atoms with Crippen molar-refractivity contribution < 1.29 is 19.2 Å². The molecule has 0 aromatic heterocycles. The number of hydrogen-bond acceptors (Lipinski definition) is 7. The number of benzene rings is 2. The molecule has 34 heavy (non-hydrogen) atoms. The number of esters is 1. The van der Waals surface area contributed by atoms with Crippen molar-refractivity contribution in [1.82, 2.24) is 15.5 Å². The minimum atomic E-state index is -0.769. The number of nitro benzene ring substituents is 1. The average molecular weight is 466 g/mol. The molecular weight excluding hydrogens is 438 g/mol. The van der Waals surface area contributed by atoms with Crippen LogP contribution in [0.4, 0.5) is 16.2 Å². The number of nitrogens with one attached hydrogen (secondary N) is 2. The second-order valence-corrected chi connectivity index (χ2v) is 8.09. The van der Waals surface area contributed by atoms with Crippen LogP contribution in [-0.2, 0) is 9.53 Å². The molecule has 1 fully saturated rings. The summed E-state index contributed by atoms with van der Waals surface area (Å²) in [6, 6.07) is 14.8. The van der Waals surface area contributed by atoms with Crippen LogP contribution in [0.15, 0.2) is 65.9 Å². The van der Waals surface area contributed by atoms with E-state index in [4.69, 9.17) is 4.74 Å². The molecule has 2 aromatic carbocycles. The molecule has 0 aliphatic carbocycles. The highest BCUT2D eigenvalue weighted by molar-refractivity contribution is 5.95. The zero-order chi connectivity index (χ0) is 24.1. The average Bonchev–Trinajstić information content (AvgIpc) is 2.85. The molecule has 10 heteroatoms. The van der Waals surface area contributed by atoms with Gasteiger partial charge in [-0.1, -0.05) is 18.2 Å². The third-order valence-electron chi connectivity index (χ3n) is 5.96. The first-order valence-electron chi connectivity index (χ1n) is 11.2. The molecule has 2 aliphatic rings. The highest BCUT2D eigenvalue weighted by Crippen LogP contribution is 2.29. The van der Waals surface area contributed by atoms with Gasteiger partial charge in [0.25, 0.3) is 5.69 Å². The summed E-state index contributed by atoms with van der Waals surface area (Å²) in [5, 5.41) is 16.6. The molecule has 10 nitrogen and oxygen atoms in total. The van der Waals surface area contributed by atoms with Gasteiger partial charge in [0.1, 0.15) is 0 Å². The summed E-state index contributed by atoms with van der Waals surface area (Å²) in [5.41, 5.74) is 2.46. The maximum atomic E-state index is 12.9. The fourth-order valence-corrected chi connectivity index (χ4v) is 4.26. The van der Waals surface area contributed by atoms with Gasteiger partial charge >= 0.3 is 12.0 Å². The maximum absolute atomic E-state index is 12.9. The number of non-ortho nitro benzene ring substituents is 1. The van der Waals surface area contributed by atoms with Crippen molar-refractivity contribution in [3.63, 3.8) is 0 Å². The van der Waals surface area contributed by atoms with Gasteiger partial charge in [-0.25, -0.2) is 9.59 Å². The molecule has 0 bridgehead atoms. The number of anilines is 1. The van der Waals surface area contributed by atoms with Crippen LogP contribution in [0.5, 0.6) is 0 Å². The van der Waals surface area contributed by atoms with Gasteiger partial charge in [0.2, 0.25) is 0 Å². The van der Waals surface area contributed by atoms with Gasteiger partial charge in [-0.05, 0) is 36.8 Å². The Balaban J connectivity index is 1.57. The molecule has 0 radical (unpaired) electrons. The first-order chi connectivity index (χ1) is 16.5. The largest absolute Gasteiger partial charge is 0.463 e. The minimum absolute atomic E-state index is 0.0674. The monoisotopic (exact) mass is 465 g/mol. The Labute approximate surface area is 197 Å². The van der Waals surface area contributed by atoms with E-state index in [9.17, 15) is 19.7 Å².